The van der Waals surface area contributed by atoms with Crippen molar-refractivity contribution in [3.8, 4) is 6.07 Å². The van der Waals surface area contributed by atoms with Gasteiger partial charge in [0.2, 0.25) is 5.95 Å². The molecule has 4 bridgehead atoms. The number of halogens is 1. The zero-order valence-corrected chi connectivity index (χ0v) is 27.5. The van der Waals surface area contributed by atoms with Gasteiger partial charge < -0.3 is 20.3 Å². The number of anilines is 2. The average Bonchev–Trinajstić information content (AvgIpc) is 3.00. The average molecular weight is 629 g/mol. The zero-order chi connectivity index (χ0) is 31.6. The Morgan fingerprint density at radius 2 is 2.02 bits per heavy atom. The largest absolute Gasteiger partial charge is 0.444 e. The summed E-state index contributed by atoms with van der Waals surface area (Å²) in [6.45, 7) is 8.65. The number of ether oxygens (including phenoxy) is 1. The van der Waals surface area contributed by atoms with E-state index in [2.05, 4.69) is 38.8 Å². The van der Waals surface area contributed by atoms with Gasteiger partial charge in [0, 0.05) is 31.2 Å². The summed E-state index contributed by atoms with van der Waals surface area (Å²) in [7, 11) is 0. The summed E-state index contributed by atoms with van der Waals surface area (Å²) in [5.41, 5.74) is 4.29. The van der Waals surface area contributed by atoms with Gasteiger partial charge in [-0.05, 0) is 118 Å². The van der Waals surface area contributed by atoms with E-state index in [9.17, 15) is 10.1 Å². The number of carbonyl (C=O) groups is 1. The second-order valence-corrected chi connectivity index (χ2v) is 14.9. The van der Waals surface area contributed by atoms with Crippen LogP contribution < -0.4 is 10.6 Å². The molecule has 3 atom stereocenters. The number of nitrogens with one attached hydrogen (secondary N) is 2. The summed E-state index contributed by atoms with van der Waals surface area (Å²) in [6.07, 6.45) is 15.6. The molecular formula is C36H45ClN6O2. The van der Waals surface area contributed by atoms with Crippen LogP contribution in [0.3, 0.4) is 0 Å². The summed E-state index contributed by atoms with van der Waals surface area (Å²) >= 11 is 6.31. The molecule has 4 aliphatic carbocycles. The molecule has 1 aromatic carbocycles. The molecule has 5 aliphatic rings. The molecule has 2 N–H and O–H groups in total. The van der Waals surface area contributed by atoms with Crippen LogP contribution in [0.15, 0.2) is 53.8 Å². The van der Waals surface area contributed by atoms with Gasteiger partial charge in [-0.25, -0.2) is 9.78 Å². The normalized spacial score (nSPS) is 25.2. The van der Waals surface area contributed by atoms with Gasteiger partial charge in [0.25, 0.3) is 0 Å². The minimum Gasteiger partial charge on any atom is -0.444 e. The fourth-order valence-corrected chi connectivity index (χ4v) is 8.09. The lowest BCUT2D eigenvalue weighted by Gasteiger charge is -2.54. The fraction of sp³-hybridized carbons (Fsp3) is 0.556. The van der Waals surface area contributed by atoms with Crippen LogP contribution in [-0.4, -0.2) is 46.2 Å². The van der Waals surface area contributed by atoms with E-state index >= 15 is 0 Å². The van der Waals surface area contributed by atoms with Crippen LogP contribution in [0.4, 0.5) is 16.6 Å². The molecule has 45 heavy (non-hydrogen) atoms. The molecule has 238 valence electrons. The topological polar surface area (TPSA) is 103 Å². The van der Waals surface area contributed by atoms with E-state index in [1.807, 2.05) is 49.9 Å². The second-order valence-electron chi connectivity index (χ2n) is 14.5. The van der Waals surface area contributed by atoms with E-state index < -0.39 is 5.60 Å². The molecule has 1 aliphatic heterocycles. The smallest absolute Gasteiger partial charge is 0.410 e. The number of carbonyl (C=O) groups excluding carboxylic acids is 1. The molecule has 3 fully saturated rings. The van der Waals surface area contributed by atoms with Crippen molar-refractivity contribution in [1.29, 1.82) is 5.26 Å². The maximum Gasteiger partial charge on any atom is 0.410 e. The summed E-state index contributed by atoms with van der Waals surface area (Å²) in [6, 6.07) is 9.96. The van der Waals surface area contributed by atoms with E-state index in [1.54, 1.807) is 17.3 Å². The van der Waals surface area contributed by atoms with Crippen LogP contribution in [-0.2, 0) is 11.3 Å². The molecule has 7 rings (SSSR count). The Hall–Kier alpha value is -3.57. The number of benzene rings is 1. The van der Waals surface area contributed by atoms with Gasteiger partial charge in [-0.1, -0.05) is 42.0 Å². The summed E-state index contributed by atoms with van der Waals surface area (Å²) in [5.74, 6) is 2.98. The van der Waals surface area contributed by atoms with Crippen molar-refractivity contribution < 1.29 is 9.53 Å². The maximum absolute atomic E-state index is 12.4. The van der Waals surface area contributed by atoms with E-state index in [0.717, 1.165) is 50.9 Å². The lowest BCUT2D eigenvalue weighted by molar-refractivity contribution is 0.0181. The van der Waals surface area contributed by atoms with Crippen LogP contribution in [0.25, 0.3) is 0 Å². The third-order valence-electron chi connectivity index (χ3n) is 9.92. The van der Waals surface area contributed by atoms with Crippen LogP contribution in [0.2, 0.25) is 5.02 Å². The highest BCUT2D eigenvalue weighted by atomic mass is 35.5. The van der Waals surface area contributed by atoms with Crippen molar-refractivity contribution in [3.63, 3.8) is 0 Å². The Kier molecular flexibility index (Phi) is 9.10. The molecule has 1 amide bonds. The van der Waals surface area contributed by atoms with Gasteiger partial charge in [0.15, 0.2) is 0 Å². The van der Waals surface area contributed by atoms with E-state index in [1.165, 1.54) is 25.7 Å². The molecule has 8 nitrogen and oxygen atoms in total. The molecule has 0 unspecified atom stereocenters. The first kappa shape index (κ1) is 31.4. The van der Waals surface area contributed by atoms with E-state index in [-0.39, 0.29) is 11.5 Å². The molecule has 0 radical (unpaired) electrons. The molecule has 0 spiro atoms. The lowest BCUT2D eigenvalue weighted by atomic mass is 9.52. The predicted octanol–water partition coefficient (Wildman–Crippen LogP) is 8.13. The zero-order valence-electron chi connectivity index (χ0n) is 26.7. The van der Waals surface area contributed by atoms with E-state index in [4.69, 9.17) is 16.3 Å². The highest BCUT2D eigenvalue weighted by Gasteiger charge is 2.49. The standard InChI is InChI=1S/C36H45ClN6O2/c1-35(2,3)45-34(44)43-13-11-24(12-14-43)7-6-9-30-27-15-25-16-28(30)19-36(17-25,18-27)23-41-32-29(20-38)22-40-33(42-32)39-21-26-8-4-5-10-31(26)37/h4-5,8-10,15,22,24-25,28H,6-7,11-14,16-19,21,23H2,1-3H3,(H2,39,40,41,42)/b30-9-/t25-,28-,36+/m1/s1. The van der Waals surface area contributed by atoms with E-state index in [0.29, 0.717) is 46.7 Å². The van der Waals surface area contributed by atoms with Crippen molar-refractivity contribution in [2.24, 2.45) is 23.2 Å². The SMILES string of the molecule is CC(C)(C)OC(=O)N1CCC(CC/C=C2/C3=C[C@@H]4C[C@@H]2C[C@@](CNc2nc(NCc5ccccc5Cl)ncc2C#N)(C3)C4)CC1. The molecule has 2 saturated carbocycles. The number of nitrogens with zero attached hydrogens (tertiary/aromatic N) is 4. The number of nitriles is 1. The third kappa shape index (κ3) is 7.47. The van der Waals surface area contributed by atoms with Gasteiger partial charge >= 0.3 is 6.09 Å². The molecular weight excluding hydrogens is 584 g/mol. The number of allylic oxidation sites excluding steroid dienone is 4. The first-order valence-electron chi connectivity index (χ1n) is 16.5. The number of likely N-dealkylation sites (tertiary alicyclic amines) is 1. The Balaban J connectivity index is 1.03. The minimum absolute atomic E-state index is 0.180. The van der Waals surface area contributed by atoms with Gasteiger partial charge in [-0.15, -0.1) is 0 Å². The van der Waals surface area contributed by atoms with Crippen molar-refractivity contribution >= 4 is 29.5 Å². The number of aromatic nitrogens is 2. The second kappa shape index (κ2) is 13.0. The van der Waals surface area contributed by atoms with Crippen LogP contribution in [0.1, 0.15) is 83.3 Å². The Morgan fingerprint density at radius 1 is 1.22 bits per heavy atom. The Bertz CT molecular complexity index is 1520. The molecule has 1 aromatic heterocycles. The predicted molar refractivity (Wildman–Crippen MR) is 178 cm³/mol. The van der Waals surface area contributed by atoms with Gasteiger partial charge in [0.05, 0.1) is 6.20 Å². The summed E-state index contributed by atoms with van der Waals surface area (Å²) < 4.78 is 5.56. The Morgan fingerprint density at radius 3 is 2.76 bits per heavy atom. The summed E-state index contributed by atoms with van der Waals surface area (Å²) in [4.78, 5) is 23.3. The number of piperidine rings is 1. The minimum atomic E-state index is -0.448. The molecule has 1 saturated heterocycles. The molecule has 2 aromatic rings. The monoisotopic (exact) mass is 628 g/mol. The quantitative estimate of drug-likeness (QED) is 0.289. The van der Waals surface area contributed by atoms with Crippen LogP contribution in [0.5, 0.6) is 0 Å². The van der Waals surface area contributed by atoms with Crippen molar-refractivity contribution in [2.45, 2.75) is 84.3 Å². The molecule has 9 heteroatoms. The number of amides is 1. The first-order chi connectivity index (χ1) is 21.6. The van der Waals surface area contributed by atoms with Crippen LogP contribution in [0, 0.1) is 34.5 Å². The highest BCUT2D eigenvalue weighted by molar-refractivity contribution is 6.31. The first-order valence-corrected chi connectivity index (χ1v) is 16.8. The van der Waals surface area contributed by atoms with Gasteiger partial charge in [-0.3, -0.25) is 0 Å². The lowest BCUT2D eigenvalue weighted by Crippen LogP contribution is -2.46. The number of rotatable bonds is 9. The Labute approximate surface area is 272 Å². The van der Waals surface area contributed by atoms with Crippen molar-refractivity contribution in [1.82, 2.24) is 14.9 Å². The van der Waals surface area contributed by atoms with Crippen LogP contribution >= 0.6 is 11.6 Å². The highest BCUT2D eigenvalue weighted by Crippen LogP contribution is 2.59. The number of hydrogen-bond acceptors (Lipinski definition) is 7. The van der Waals surface area contributed by atoms with Crippen molar-refractivity contribution in [2.75, 3.05) is 30.3 Å². The van der Waals surface area contributed by atoms with Crippen molar-refractivity contribution in [3.05, 3.63) is 69.9 Å². The number of hydrogen-bond donors (Lipinski definition) is 2. The van der Waals surface area contributed by atoms with Gasteiger partial charge in [0.1, 0.15) is 23.1 Å². The maximum atomic E-state index is 12.4. The van der Waals surface area contributed by atoms with Gasteiger partial charge in [-0.2, -0.15) is 10.2 Å². The third-order valence-corrected chi connectivity index (χ3v) is 10.3. The molecule has 2 heterocycles. The summed E-state index contributed by atoms with van der Waals surface area (Å²) in [5, 5.41) is 17.3. The fourth-order valence-electron chi connectivity index (χ4n) is 7.89.